The second-order valence-corrected chi connectivity index (χ2v) is 7.11. The molecule has 0 radical (unpaired) electrons. The van der Waals surface area contributed by atoms with Crippen molar-refractivity contribution in [2.45, 2.75) is 32.6 Å². The van der Waals surface area contributed by atoms with Gasteiger partial charge in [-0.25, -0.2) is 0 Å². The van der Waals surface area contributed by atoms with Crippen molar-refractivity contribution < 1.29 is 19.3 Å². The number of aromatic nitrogens is 2. The molecule has 0 amide bonds. The van der Waals surface area contributed by atoms with Gasteiger partial charge in [0.25, 0.3) is 5.56 Å². The molecule has 0 unspecified atom stereocenters. The lowest BCUT2D eigenvalue weighted by molar-refractivity contribution is 0.387. The van der Waals surface area contributed by atoms with E-state index in [0.717, 1.165) is 24.2 Å². The van der Waals surface area contributed by atoms with E-state index in [1.165, 1.54) is 4.57 Å². The molecule has 1 N–H and O–H groups in total. The van der Waals surface area contributed by atoms with Gasteiger partial charge in [-0.05, 0) is 36.2 Å². The lowest BCUT2D eigenvalue weighted by Gasteiger charge is -2.19. The van der Waals surface area contributed by atoms with Crippen LogP contribution < -0.4 is 19.8 Å². The first kappa shape index (κ1) is 22.2. The fourth-order valence-corrected chi connectivity index (χ4v) is 3.47. The lowest BCUT2D eigenvalue weighted by atomic mass is 10.1. The zero-order valence-corrected chi connectivity index (χ0v) is 18.3. The van der Waals surface area contributed by atoms with Crippen LogP contribution in [0.2, 0.25) is 0 Å². The van der Waals surface area contributed by atoms with E-state index < -0.39 is 0 Å². The number of aryl methyl sites for hydroxylation is 1. The number of nitrogens with zero attached hydrogens (tertiary/aromatic N) is 2. The average molecular weight is 424 g/mol. The number of methoxy groups -OCH3 is 3. The molecular formula is C24H28N2O5. The number of rotatable bonds is 9. The average Bonchev–Trinajstić information content (AvgIpc) is 2.80. The van der Waals surface area contributed by atoms with Crippen molar-refractivity contribution in [3.05, 3.63) is 69.8 Å². The van der Waals surface area contributed by atoms with Gasteiger partial charge in [-0.3, -0.25) is 9.36 Å². The van der Waals surface area contributed by atoms with E-state index in [2.05, 4.69) is 11.9 Å². The van der Waals surface area contributed by atoms with Gasteiger partial charge in [0.05, 0.1) is 26.9 Å². The van der Waals surface area contributed by atoms with Crippen LogP contribution in [0.3, 0.4) is 0 Å². The number of hydrogen-bond donors (Lipinski definition) is 1. The van der Waals surface area contributed by atoms with Crippen LogP contribution in [0.1, 0.15) is 36.7 Å². The van der Waals surface area contributed by atoms with Crippen LogP contribution in [-0.2, 0) is 12.8 Å². The maximum absolute atomic E-state index is 13.7. The topological polar surface area (TPSA) is 82.8 Å². The lowest BCUT2D eigenvalue weighted by Crippen LogP contribution is -2.28. The quantitative estimate of drug-likeness (QED) is 0.561. The summed E-state index contributed by atoms with van der Waals surface area (Å²) in [5.41, 5.74) is 1.19. The van der Waals surface area contributed by atoms with Gasteiger partial charge in [0.2, 0.25) is 5.88 Å². The summed E-state index contributed by atoms with van der Waals surface area (Å²) in [6.45, 7) is 2.06. The molecule has 1 heterocycles. The molecule has 0 bridgehead atoms. The number of hydrogen-bond acceptors (Lipinski definition) is 6. The molecule has 0 saturated carbocycles. The molecule has 164 valence electrons. The zero-order valence-electron chi connectivity index (χ0n) is 18.3. The van der Waals surface area contributed by atoms with E-state index in [1.54, 1.807) is 39.5 Å². The second kappa shape index (κ2) is 10.0. The summed E-state index contributed by atoms with van der Waals surface area (Å²) in [7, 11) is 4.68. The Morgan fingerprint density at radius 3 is 2.16 bits per heavy atom. The van der Waals surface area contributed by atoms with Crippen LogP contribution in [0, 0.1) is 0 Å². The van der Waals surface area contributed by atoms with E-state index in [-0.39, 0.29) is 23.4 Å². The Balaban J connectivity index is 2.21. The number of unbranched alkanes of at least 4 members (excludes halogenated alkanes) is 1. The minimum absolute atomic E-state index is 0.207. The van der Waals surface area contributed by atoms with E-state index >= 15 is 0 Å². The van der Waals surface area contributed by atoms with E-state index in [0.29, 0.717) is 29.4 Å². The molecule has 31 heavy (non-hydrogen) atoms. The predicted molar refractivity (Wildman–Crippen MR) is 119 cm³/mol. The second-order valence-electron chi connectivity index (χ2n) is 7.11. The Morgan fingerprint density at radius 1 is 0.968 bits per heavy atom. The third-order valence-corrected chi connectivity index (χ3v) is 5.14. The largest absolute Gasteiger partial charge is 0.497 e. The summed E-state index contributed by atoms with van der Waals surface area (Å²) in [5, 5.41) is 10.6. The Kier molecular flexibility index (Phi) is 7.18. The fraction of sp³-hybridized carbons (Fsp3) is 0.333. The maximum Gasteiger partial charge on any atom is 0.265 e. The van der Waals surface area contributed by atoms with E-state index in [4.69, 9.17) is 14.2 Å². The first-order chi connectivity index (χ1) is 15.0. The van der Waals surface area contributed by atoms with Gasteiger partial charge in [-0.2, -0.15) is 4.98 Å². The highest BCUT2D eigenvalue weighted by Crippen LogP contribution is 2.33. The fourth-order valence-electron chi connectivity index (χ4n) is 3.47. The number of ether oxygens (including phenoxy) is 3. The highest BCUT2D eigenvalue weighted by atomic mass is 16.5. The van der Waals surface area contributed by atoms with Crippen molar-refractivity contribution in [2.24, 2.45) is 0 Å². The minimum Gasteiger partial charge on any atom is -0.497 e. The molecular weight excluding hydrogens is 396 g/mol. The van der Waals surface area contributed by atoms with Gasteiger partial charge >= 0.3 is 0 Å². The van der Waals surface area contributed by atoms with Crippen molar-refractivity contribution in [3.8, 4) is 28.8 Å². The van der Waals surface area contributed by atoms with Crippen molar-refractivity contribution >= 4 is 0 Å². The molecule has 0 fully saturated rings. The summed E-state index contributed by atoms with van der Waals surface area (Å²) in [6.07, 6.45) is 2.50. The van der Waals surface area contributed by atoms with Gasteiger partial charge < -0.3 is 19.3 Å². The first-order valence-corrected chi connectivity index (χ1v) is 10.2. The van der Waals surface area contributed by atoms with Gasteiger partial charge in [0, 0.05) is 12.8 Å². The number of aromatic hydroxyl groups is 1. The molecule has 0 aliphatic rings. The van der Waals surface area contributed by atoms with Crippen LogP contribution in [0.15, 0.2) is 47.3 Å². The van der Waals surface area contributed by atoms with Gasteiger partial charge in [-0.15, -0.1) is 0 Å². The molecule has 7 nitrogen and oxygen atoms in total. The maximum atomic E-state index is 13.7. The van der Waals surface area contributed by atoms with Crippen LogP contribution in [0.25, 0.3) is 5.69 Å². The van der Waals surface area contributed by atoms with Crippen LogP contribution >= 0.6 is 0 Å². The van der Waals surface area contributed by atoms with Crippen molar-refractivity contribution in [1.82, 2.24) is 9.55 Å². The van der Waals surface area contributed by atoms with Crippen LogP contribution in [0.5, 0.6) is 23.1 Å². The molecule has 1 aromatic heterocycles. The van der Waals surface area contributed by atoms with Crippen LogP contribution in [0.4, 0.5) is 0 Å². The smallest absolute Gasteiger partial charge is 0.265 e. The molecule has 0 atom stereocenters. The standard InChI is InChI=1S/C24H28N2O5/c1-5-6-10-21-25-23(27)18(15-16-11-13-17(29-2)14-12-16)24(28)26(21)22-19(30-3)8-7-9-20(22)31-4/h7-9,11-14,27H,5-6,10,15H2,1-4H3. The zero-order chi connectivity index (χ0) is 22.4. The van der Waals surface area contributed by atoms with Crippen LogP contribution in [-0.4, -0.2) is 36.0 Å². The Hall–Kier alpha value is -3.48. The Labute approximate surface area is 181 Å². The molecule has 0 aliphatic heterocycles. The third kappa shape index (κ3) is 4.66. The minimum atomic E-state index is -0.350. The Bertz CT molecular complexity index is 1070. The van der Waals surface area contributed by atoms with Crippen molar-refractivity contribution in [1.29, 1.82) is 0 Å². The Morgan fingerprint density at radius 2 is 1.61 bits per heavy atom. The summed E-state index contributed by atoms with van der Waals surface area (Å²) < 4.78 is 17.8. The van der Waals surface area contributed by atoms with Gasteiger partial charge in [0.15, 0.2) is 0 Å². The summed E-state index contributed by atoms with van der Waals surface area (Å²) in [4.78, 5) is 18.1. The molecule has 0 aliphatic carbocycles. The molecule has 2 aromatic carbocycles. The molecule has 3 aromatic rings. The number of para-hydroxylation sites is 1. The van der Waals surface area contributed by atoms with Gasteiger partial charge in [-0.1, -0.05) is 31.5 Å². The highest BCUT2D eigenvalue weighted by molar-refractivity contribution is 5.58. The normalized spacial score (nSPS) is 10.7. The predicted octanol–water partition coefficient (Wildman–Crippen LogP) is 3.90. The SMILES string of the molecule is CCCCc1nc(O)c(Cc2ccc(OC)cc2)c(=O)n1-c1c(OC)cccc1OC. The summed E-state index contributed by atoms with van der Waals surface area (Å²) in [6, 6.07) is 12.7. The summed E-state index contributed by atoms with van der Waals surface area (Å²) >= 11 is 0. The van der Waals surface area contributed by atoms with Crippen molar-refractivity contribution in [3.63, 3.8) is 0 Å². The first-order valence-electron chi connectivity index (χ1n) is 10.2. The van der Waals surface area contributed by atoms with Gasteiger partial charge in [0.1, 0.15) is 28.8 Å². The summed E-state index contributed by atoms with van der Waals surface area (Å²) in [5.74, 6) is 1.91. The molecule has 0 spiro atoms. The van der Waals surface area contributed by atoms with Crippen molar-refractivity contribution in [2.75, 3.05) is 21.3 Å². The molecule has 7 heteroatoms. The number of benzene rings is 2. The highest BCUT2D eigenvalue weighted by Gasteiger charge is 2.22. The molecule has 3 rings (SSSR count). The third-order valence-electron chi connectivity index (χ3n) is 5.14. The molecule has 0 saturated heterocycles. The van der Waals surface area contributed by atoms with E-state index in [9.17, 15) is 9.90 Å². The van der Waals surface area contributed by atoms with E-state index in [1.807, 2.05) is 24.3 Å². The monoisotopic (exact) mass is 424 g/mol.